The van der Waals surface area contributed by atoms with Crippen LogP contribution >= 0.6 is 0 Å². The number of H-pyrrole nitrogens is 2. The fraction of sp³-hybridized carbons (Fsp3) is 0.100. The van der Waals surface area contributed by atoms with Gasteiger partial charge in [0.15, 0.2) is 0 Å². The van der Waals surface area contributed by atoms with Gasteiger partial charge in [-0.05, 0) is 25.1 Å². The summed E-state index contributed by atoms with van der Waals surface area (Å²) in [6.07, 6.45) is 1.83. The van der Waals surface area contributed by atoms with Crippen LogP contribution in [0.15, 0.2) is 24.4 Å². The van der Waals surface area contributed by atoms with Gasteiger partial charge in [0, 0.05) is 11.9 Å². The Balaban J connectivity index is 2.48. The molecule has 0 aliphatic heterocycles. The van der Waals surface area contributed by atoms with Crippen molar-refractivity contribution >= 4 is 5.91 Å². The summed E-state index contributed by atoms with van der Waals surface area (Å²) >= 11 is 0. The molecule has 0 unspecified atom stereocenters. The van der Waals surface area contributed by atoms with E-state index in [-0.39, 0.29) is 0 Å². The molecule has 4 N–H and O–H groups in total. The van der Waals surface area contributed by atoms with Crippen LogP contribution in [-0.4, -0.2) is 15.9 Å². The molecule has 72 valence electrons. The fourth-order valence-electron chi connectivity index (χ4n) is 1.46. The normalized spacial score (nSPS) is 10.4. The minimum Gasteiger partial charge on any atom is -0.366 e. The van der Waals surface area contributed by atoms with Gasteiger partial charge in [0.05, 0.1) is 17.0 Å². The number of rotatable bonds is 2. The summed E-state index contributed by atoms with van der Waals surface area (Å²) in [6.45, 7) is 1.83. The molecule has 2 aromatic rings. The third-order valence-electron chi connectivity index (χ3n) is 2.17. The lowest BCUT2D eigenvalue weighted by molar-refractivity contribution is 0.1000. The van der Waals surface area contributed by atoms with Gasteiger partial charge in [-0.2, -0.15) is 0 Å². The molecule has 4 nitrogen and oxygen atoms in total. The van der Waals surface area contributed by atoms with Crippen LogP contribution in [0.1, 0.15) is 16.1 Å². The highest BCUT2D eigenvalue weighted by atomic mass is 16.1. The fourth-order valence-corrected chi connectivity index (χ4v) is 1.46. The molecule has 2 heterocycles. The predicted molar refractivity (Wildman–Crippen MR) is 53.8 cm³/mol. The number of carbonyl (C=O) groups is 1. The zero-order chi connectivity index (χ0) is 10.1. The molecular formula is C10H11N3O. The van der Waals surface area contributed by atoms with Crippen LogP contribution in [0.4, 0.5) is 0 Å². The van der Waals surface area contributed by atoms with Crippen LogP contribution in [0.25, 0.3) is 11.4 Å². The van der Waals surface area contributed by atoms with Crippen molar-refractivity contribution < 1.29 is 4.79 Å². The topological polar surface area (TPSA) is 74.7 Å². The molecule has 0 saturated heterocycles. The molecule has 0 radical (unpaired) electrons. The van der Waals surface area contributed by atoms with Crippen molar-refractivity contribution in [3.05, 3.63) is 35.7 Å². The van der Waals surface area contributed by atoms with Crippen LogP contribution < -0.4 is 5.73 Å². The van der Waals surface area contributed by atoms with E-state index in [2.05, 4.69) is 9.97 Å². The summed E-state index contributed by atoms with van der Waals surface area (Å²) < 4.78 is 0. The van der Waals surface area contributed by atoms with E-state index in [1.54, 1.807) is 6.07 Å². The first-order chi connectivity index (χ1) is 6.68. The first kappa shape index (κ1) is 8.62. The summed E-state index contributed by atoms with van der Waals surface area (Å²) in [5.74, 6) is -0.406. The van der Waals surface area contributed by atoms with Crippen molar-refractivity contribution in [1.29, 1.82) is 0 Å². The highest BCUT2D eigenvalue weighted by Gasteiger charge is 2.10. The van der Waals surface area contributed by atoms with E-state index in [1.165, 1.54) is 0 Å². The number of primary amides is 1. The Morgan fingerprint density at radius 3 is 2.71 bits per heavy atom. The van der Waals surface area contributed by atoms with Crippen molar-refractivity contribution in [3.63, 3.8) is 0 Å². The minimum atomic E-state index is -0.406. The smallest absolute Gasteiger partial charge is 0.250 e. The maximum atomic E-state index is 11.0. The Morgan fingerprint density at radius 1 is 1.43 bits per heavy atom. The summed E-state index contributed by atoms with van der Waals surface area (Å²) in [7, 11) is 0. The van der Waals surface area contributed by atoms with Gasteiger partial charge in [-0.3, -0.25) is 4.79 Å². The van der Waals surface area contributed by atoms with E-state index in [4.69, 9.17) is 5.73 Å². The van der Waals surface area contributed by atoms with E-state index < -0.39 is 5.91 Å². The Labute approximate surface area is 81.1 Å². The second-order valence-electron chi connectivity index (χ2n) is 3.17. The van der Waals surface area contributed by atoms with Crippen molar-refractivity contribution in [2.45, 2.75) is 6.92 Å². The number of aryl methyl sites for hydroxylation is 1. The van der Waals surface area contributed by atoms with E-state index in [9.17, 15) is 4.79 Å². The van der Waals surface area contributed by atoms with E-state index in [0.29, 0.717) is 5.56 Å². The standard InChI is InChI=1S/C10H11N3O/c1-6-7(10(11)14)5-9(13-6)8-3-2-4-12-8/h2-5,12-13H,1H3,(H2,11,14). The molecule has 0 aromatic carbocycles. The van der Waals surface area contributed by atoms with Gasteiger partial charge in [-0.1, -0.05) is 0 Å². The molecule has 0 fully saturated rings. The molecule has 0 aliphatic rings. The zero-order valence-electron chi connectivity index (χ0n) is 7.79. The second-order valence-corrected chi connectivity index (χ2v) is 3.17. The van der Waals surface area contributed by atoms with Gasteiger partial charge >= 0.3 is 0 Å². The quantitative estimate of drug-likeness (QED) is 0.656. The molecule has 4 heteroatoms. The average molecular weight is 189 g/mol. The highest BCUT2D eigenvalue weighted by Crippen LogP contribution is 2.19. The van der Waals surface area contributed by atoms with Gasteiger partial charge in [-0.25, -0.2) is 0 Å². The maximum absolute atomic E-state index is 11.0. The zero-order valence-corrected chi connectivity index (χ0v) is 7.79. The van der Waals surface area contributed by atoms with Crippen LogP contribution in [0.2, 0.25) is 0 Å². The van der Waals surface area contributed by atoms with Gasteiger partial charge in [0.25, 0.3) is 5.91 Å². The number of carbonyl (C=O) groups excluding carboxylic acids is 1. The molecule has 0 atom stereocenters. The number of nitrogens with one attached hydrogen (secondary N) is 2. The Hall–Kier alpha value is -1.97. The summed E-state index contributed by atoms with van der Waals surface area (Å²) in [5, 5.41) is 0. The lowest BCUT2D eigenvalue weighted by Crippen LogP contribution is -2.10. The van der Waals surface area contributed by atoms with Gasteiger partial charge in [-0.15, -0.1) is 0 Å². The largest absolute Gasteiger partial charge is 0.366 e. The van der Waals surface area contributed by atoms with Crippen LogP contribution in [0.5, 0.6) is 0 Å². The second kappa shape index (κ2) is 3.06. The lowest BCUT2D eigenvalue weighted by atomic mass is 10.2. The highest BCUT2D eigenvalue weighted by molar-refractivity contribution is 5.95. The maximum Gasteiger partial charge on any atom is 0.250 e. The molecule has 0 bridgehead atoms. The Morgan fingerprint density at radius 2 is 2.21 bits per heavy atom. The molecule has 1 amide bonds. The number of aromatic amines is 2. The first-order valence-electron chi connectivity index (χ1n) is 4.31. The number of amides is 1. The van der Waals surface area contributed by atoms with Crippen molar-refractivity contribution in [1.82, 2.24) is 9.97 Å². The molecule has 2 rings (SSSR count). The van der Waals surface area contributed by atoms with E-state index in [1.807, 2.05) is 25.3 Å². The van der Waals surface area contributed by atoms with Crippen LogP contribution in [0.3, 0.4) is 0 Å². The third-order valence-corrected chi connectivity index (χ3v) is 2.17. The van der Waals surface area contributed by atoms with Crippen LogP contribution in [-0.2, 0) is 0 Å². The van der Waals surface area contributed by atoms with Crippen molar-refractivity contribution in [3.8, 4) is 11.4 Å². The van der Waals surface area contributed by atoms with E-state index >= 15 is 0 Å². The molecule has 0 saturated carbocycles. The minimum absolute atomic E-state index is 0.406. The Bertz CT molecular complexity index is 454. The SMILES string of the molecule is Cc1[nH]c(-c2ccc[nH]2)cc1C(N)=O. The molecule has 14 heavy (non-hydrogen) atoms. The number of aromatic nitrogens is 2. The van der Waals surface area contributed by atoms with Gasteiger partial charge in [0.2, 0.25) is 0 Å². The molecule has 0 spiro atoms. The first-order valence-corrected chi connectivity index (χ1v) is 4.31. The monoisotopic (exact) mass is 189 g/mol. The van der Waals surface area contributed by atoms with Crippen LogP contribution in [0, 0.1) is 6.92 Å². The summed E-state index contributed by atoms with van der Waals surface area (Å²) in [5.41, 5.74) is 8.36. The summed E-state index contributed by atoms with van der Waals surface area (Å²) in [6, 6.07) is 5.58. The number of hydrogen-bond acceptors (Lipinski definition) is 1. The molecule has 0 aliphatic carbocycles. The van der Waals surface area contributed by atoms with E-state index in [0.717, 1.165) is 17.1 Å². The van der Waals surface area contributed by atoms with Gasteiger partial charge in [0.1, 0.15) is 0 Å². The van der Waals surface area contributed by atoms with Crippen molar-refractivity contribution in [2.24, 2.45) is 5.73 Å². The summed E-state index contributed by atoms with van der Waals surface area (Å²) in [4.78, 5) is 17.1. The van der Waals surface area contributed by atoms with Gasteiger partial charge < -0.3 is 15.7 Å². The number of hydrogen-bond donors (Lipinski definition) is 3. The predicted octanol–water partition coefficient (Wildman–Crippen LogP) is 1.42. The lowest BCUT2D eigenvalue weighted by Gasteiger charge is -1.90. The molecular weight excluding hydrogens is 178 g/mol. The van der Waals surface area contributed by atoms with Crippen molar-refractivity contribution in [2.75, 3.05) is 0 Å². The third kappa shape index (κ3) is 1.31. The molecule has 2 aromatic heterocycles. The Kier molecular flexibility index (Phi) is 1.89. The number of nitrogens with two attached hydrogens (primary N) is 1. The average Bonchev–Trinajstić information content (AvgIpc) is 2.70.